The maximum atomic E-state index is 12.0. The second-order valence-electron chi connectivity index (χ2n) is 4.50. The summed E-state index contributed by atoms with van der Waals surface area (Å²) in [6.45, 7) is 6.31. The van der Waals surface area contributed by atoms with Gasteiger partial charge in [-0.05, 0) is 18.4 Å². The number of carbonyl (C=O) groups excluding carboxylic acids is 1. The molecule has 1 aromatic carbocycles. The summed E-state index contributed by atoms with van der Waals surface area (Å²) < 4.78 is 0. The fourth-order valence-electron chi connectivity index (χ4n) is 1.97. The lowest BCUT2D eigenvalue weighted by atomic mass is 9.94. The SMILES string of the molecule is CCCc1ccc(C(=O)C(C)CCC)cc1. The third kappa shape index (κ3) is 3.48. The second kappa shape index (κ2) is 6.47. The minimum atomic E-state index is 0.155. The van der Waals surface area contributed by atoms with E-state index in [1.54, 1.807) is 0 Å². The number of rotatable bonds is 6. The molecule has 0 radical (unpaired) electrons. The summed E-state index contributed by atoms with van der Waals surface area (Å²) in [5, 5.41) is 0. The van der Waals surface area contributed by atoms with Crippen LogP contribution in [0.2, 0.25) is 0 Å². The Kier molecular flexibility index (Phi) is 5.24. The van der Waals surface area contributed by atoms with Gasteiger partial charge in [0.15, 0.2) is 5.78 Å². The lowest BCUT2D eigenvalue weighted by Gasteiger charge is -2.09. The van der Waals surface area contributed by atoms with Crippen molar-refractivity contribution in [1.82, 2.24) is 0 Å². The van der Waals surface area contributed by atoms with Gasteiger partial charge in [0.25, 0.3) is 0 Å². The molecule has 0 aliphatic heterocycles. The average Bonchev–Trinajstić information content (AvgIpc) is 2.30. The zero-order chi connectivity index (χ0) is 12.0. The highest BCUT2D eigenvalue weighted by atomic mass is 16.1. The van der Waals surface area contributed by atoms with Crippen molar-refractivity contribution in [2.75, 3.05) is 0 Å². The van der Waals surface area contributed by atoms with Gasteiger partial charge in [-0.25, -0.2) is 0 Å². The monoisotopic (exact) mass is 218 g/mol. The van der Waals surface area contributed by atoms with E-state index >= 15 is 0 Å². The molecule has 1 atom stereocenters. The summed E-state index contributed by atoms with van der Waals surface area (Å²) in [5.41, 5.74) is 2.18. The Morgan fingerprint density at radius 1 is 1.12 bits per heavy atom. The normalized spacial score (nSPS) is 12.4. The number of ketones is 1. The highest BCUT2D eigenvalue weighted by Gasteiger charge is 2.13. The van der Waals surface area contributed by atoms with Crippen molar-refractivity contribution in [3.8, 4) is 0 Å². The second-order valence-corrected chi connectivity index (χ2v) is 4.50. The quantitative estimate of drug-likeness (QED) is 0.652. The fourth-order valence-corrected chi connectivity index (χ4v) is 1.97. The first-order valence-corrected chi connectivity index (χ1v) is 6.32. The van der Waals surface area contributed by atoms with Crippen molar-refractivity contribution in [2.24, 2.45) is 5.92 Å². The highest BCUT2D eigenvalue weighted by molar-refractivity contribution is 5.97. The van der Waals surface area contributed by atoms with Crippen molar-refractivity contribution >= 4 is 5.78 Å². The van der Waals surface area contributed by atoms with Gasteiger partial charge in [-0.15, -0.1) is 0 Å². The van der Waals surface area contributed by atoms with Crippen LogP contribution in [0.25, 0.3) is 0 Å². The van der Waals surface area contributed by atoms with E-state index in [4.69, 9.17) is 0 Å². The smallest absolute Gasteiger partial charge is 0.165 e. The number of aryl methyl sites for hydroxylation is 1. The Hall–Kier alpha value is -1.11. The van der Waals surface area contributed by atoms with E-state index in [0.29, 0.717) is 0 Å². The molecule has 0 N–H and O–H groups in total. The lowest BCUT2D eigenvalue weighted by Crippen LogP contribution is -2.10. The summed E-state index contributed by atoms with van der Waals surface area (Å²) in [6.07, 6.45) is 4.30. The molecule has 0 aliphatic rings. The van der Waals surface area contributed by atoms with Crippen LogP contribution < -0.4 is 0 Å². The number of hydrogen-bond acceptors (Lipinski definition) is 1. The third-order valence-corrected chi connectivity index (χ3v) is 2.95. The molecule has 1 rings (SSSR count). The molecule has 0 heterocycles. The first-order chi connectivity index (χ1) is 7.69. The Labute approximate surface area is 98.9 Å². The molecule has 0 aromatic heterocycles. The maximum absolute atomic E-state index is 12.0. The van der Waals surface area contributed by atoms with Gasteiger partial charge in [0.05, 0.1) is 0 Å². The Bertz CT molecular complexity index is 324. The molecule has 0 bridgehead atoms. The first kappa shape index (κ1) is 13.0. The van der Waals surface area contributed by atoms with Gasteiger partial charge in [-0.2, -0.15) is 0 Å². The molecule has 0 saturated carbocycles. The van der Waals surface area contributed by atoms with Crippen LogP contribution in [0.5, 0.6) is 0 Å². The summed E-state index contributed by atoms with van der Waals surface area (Å²) in [7, 11) is 0. The Morgan fingerprint density at radius 2 is 1.75 bits per heavy atom. The fraction of sp³-hybridized carbons (Fsp3) is 0.533. The zero-order valence-corrected chi connectivity index (χ0v) is 10.6. The van der Waals surface area contributed by atoms with Crippen molar-refractivity contribution in [1.29, 1.82) is 0 Å². The van der Waals surface area contributed by atoms with E-state index < -0.39 is 0 Å². The summed E-state index contributed by atoms with van der Waals surface area (Å²) in [5.74, 6) is 0.437. The molecule has 0 saturated heterocycles. The number of carbonyl (C=O) groups is 1. The molecule has 0 fully saturated rings. The van der Waals surface area contributed by atoms with Gasteiger partial charge in [0.2, 0.25) is 0 Å². The van der Waals surface area contributed by atoms with E-state index in [1.165, 1.54) is 5.56 Å². The molecule has 88 valence electrons. The first-order valence-electron chi connectivity index (χ1n) is 6.32. The molecule has 0 spiro atoms. The van der Waals surface area contributed by atoms with Crippen LogP contribution in [-0.2, 0) is 6.42 Å². The largest absolute Gasteiger partial charge is 0.294 e. The summed E-state index contributed by atoms with van der Waals surface area (Å²) >= 11 is 0. The van der Waals surface area contributed by atoms with Crippen molar-refractivity contribution in [2.45, 2.75) is 46.5 Å². The molecule has 0 amide bonds. The standard InChI is InChI=1S/C15H22O/c1-4-6-12(3)15(16)14-10-8-13(7-5-2)9-11-14/h8-12H,4-7H2,1-3H3. The maximum Gasteiger partial charge on any atom is 0.165 e. The molecular formula is C15H22O. The Morgan fingerprint density at radius 3 is 2.25 bits per heavy atom. The van der Waals surface area contributed by atoms with Crippen LogP contribution in [-0.4, -0.2) is 5.78 Å². The van der Waals surface area contributed by atoms with Gasteiger partial charge in [-0.3, -0.25) is 4.79 Å². The van der Waals surface area contributed by atoms with Crippen LogP contribution in [0.4, 0.5) is 0 Å². The third-order valence-electron chi connectivity index (χ3n) is 2.95. The molecule has 0 aliphatic carbocycles. The van der Waals surface area contributed by atoms with E-state index in [2.05, 4.69) is 26.0 Å². The van der Waals surface area contributed by atoms with Gasteiger partial charge >= 0.3 is 0 Å². The molecule has 16 heavy (non-hydrogen) atoms. The Balaban J connectivity index is 2.69. The number of hydrogen-bond donors (Lipinski definition) is 0. The minimum Gasteiger partial charge on any atom is -0.294 e. The lowest BCUT2D eigenvalue weighted by molar-refractivity contribution is 0.0923. The average molecular weight is 218 g/mol. The van der Waals surface area contributed by atoms with E-state index in [1.807, 2.05) is 19.1 Å². The molecular weight excluding hydrogens is 196 g/mol. The topological polar surface area (TPSA) is 17.1 Å². The van der Waals surface area contributed by atoms with Crippen molar-refractivity contribution in [3.63, 3.8) is 0 Å². The van der Waals surface area contributed by atoms with Gasteiger partial charge < -0.3 is 0 Å². The van der Waals surface area contributed by atoms with E-state index in [-0.39, 0.29) is 11.7 Å². The number of Topliss-reactive ketones (excluding diaryl/α,β-unsaturated/α-hetero) is 1. The van der Waals surface area contributed by atoms with Crippen molar-refractivity contribution < 1.29 is 4.79 Å². The molecule has 1 unspecified atom stereocenters. The van der Waals surface area contributed by atoms with Crippen LogP contribution in [0, 0.1) is 5.92 Å². The van der Waals surface area contributed by atoms with Crippen LogP contribution in [0.1, 0.15) is 56.0 Å². The molecule has 1 nitrogen and oxygen atoms in total. The zero-order valence-electron chi connectivity index (χ0n) is 10.6. The predicted molar refractivity (Wildman–Crippen MR) is 68.8 cm³/mol. The van der Waals surface area contributed by atoms with Crippen LogP contribution in [0.15, 0.2) is 24.3 Å². The van der Waals surface area contributed by atoms with Gasteiger partial charge in [-0.1, -0.05) is 57.9 Å². The van der Waals surface area contributed by atoms with Crippen molar-refractivity contribution in [3.05, 3.63) is 35.4 Å². The number of benzene rings is 1. The minimum absolute atomic E-state index is 0.155. The van der Waals surface area contributed by atoms with Crippen LogP contribution in [0.3, 0.4) is 0 Å². The molecule has 1 heteroatoms. The highest BCUT2D eigenvalue weighted by Crippen LogP contribution is 2.15. The van der Waals surface area contributed by atoms with E-state index in [9.17, 15) is 4.79 Å². The predicted octanol–water partition coefficient (Wildman–Crippen LogP) is 4.26. The van der Waals surface area contributed by atoms with Gasteiger partial charge in [0, 0.05) is 11.5 Å². The van der Waals surface area contributed by atoms with Gasteiger partial charge in [0.1, 0.15) is 0 Å². The van der Waals surface area contributed by atoms with E-state index in [0.717, 1.165) is 31.2 Å². The molecule has 1 aromatic rings. The van der Waals surface area contributed by atoms with Crippen LogP contribution >= 0.6 is 0 Å². The summed E-state index contributed by atoms with van der Waals surface area (Å²) in [6, 6.07) is 8.10. The summed E-state index contributed by atoms with van der Waals surface area (Å²) in [4.78, 5) is 12.0.